The van der Waals surface area contributed by atoms with Gasteiger partial charge >= 0.3 is 0 Å². The second-order valence-electron chi connectivity index (χ2n) is 6.09. The van der Waals surface area contributed by atoms with Crippen LogP contribution in [0.1, 0.15) is 26.7 Å². The fourth-order valence-electron chi connectivity index (χ4n) is 2.54. The monoisotopic (exact) mass is 314 g/mol. The summed E-state index contributed by atoms with van der Waals surface area (Å²) in [7, 11) is 1.64. The number of hydrogen-bond acceptors (Lipinski definition) is 5. The van der Waals surface area contributed by atoms with Crippen LogP contribution in [-0.2, 0) is 23.8 Å². The van der Waals surface area contributed by atoms with Gasteiger partial charge in [-0.1, -0.05) is 0 Å². The minimum atomic E-state index is -0.446. The van der Waals surface area contributed by atoms with E-state index in [0.29, 0.717) is 25.7 Å². The standard InChI is InChI=1S/C15H26N2O5/c1-9(16-13(18)7-14-21-4-5-22-14)10(2)17-15(19)12-6-11(12)8-20-3/h9-12,14H,4-8H2,1-3H3,(H,16,18)(H,17,19)/t9?,10?,11-,12+/m0/s1. The third-order valence-corrected chi connectivity index (χ3v) is 4.19. The van der Waals surface area contributed by atoms with E-state index < -0.39 is 6.29 Å². The van der Waals surface area contributed by atoms with Crippen molar-refractivity contribution in [3.8, 4) is 0 Å². The topological polar surface area (TPSA) is 85.9 Å². The Bertz CT molecular complexity index is 397. The molecule has 0 aromatic heterocycles. The van der Waals surface area contributed by atoms with Crippen LogP contribution in [0.2, 0.25) is 0 Å². The Labute approximate surface area is 131 Å². The molecule has 2 rings (SSSR count). The lowest BCUT2D eigenvalue weighted by atomic mass is 10.1. The number of nitrogens with one attached hydrogen (secondary N) is 2. The highest BCUT2D eigenvalue weighted by Gasteiger charge is 2.43. The van der Waals surface area contributed by atoms with E-state index in [2.05, 4.69) is 10.6 Å². The van der Waals surface area contributed by atoms with Crippen LogP contribution in [0.15, 0.2) is 0 Å². The molecule has 0 spiro atoms. The predicted octanol–water partition coefficient (Wildman–Crippen LogP) is 0.0413. The summed E-state index contributed by atoms with van der Waals surface area (Å²) in [6.07, 6.45) is 0.617. The highest BCUT2D eigenvalue weighted by atomic mass is 16.7. The van der Waals surface area contributed by atoms with Gasteiger partial charge in [0.05, 0.1) is 19.6 Å². The van der Waals surface area contributed by atoms with Crippen LogP contribution in [0.4, 0.5) is 0 Å². The highest BCUT2D eigenvalue weighted by Crippen LogP contribution is 2.38. The molecule has 1 heterocycles. The first-order valence-electron chi connectivity index (χ1n) is 7.83. The number of rotatable bonds is 8. The van der Waals surface area contributed by atoms with Crippen molar-refractivity contribution in [3.63, 3.8) is 0 Å². The van der Waals surface area contributed by atoms with Gasteiger partial charge in [-0.3, -0.25) is 9.59 Å². The molecule has 1 saturated carbocycles. The minimum absolute atomic E-state index is 0.0399. The summed E-state index contributed by atoms with van der Waals surface area (Å²) in [4.78, 5) is 23.9. The van der Waals surface area contributed by atoms with E-state index in [0.717, 1.165) is 6.42 Å². The largest absolute Gasteiger partial charge is 0.384 e. The molecule has 2 unspecified atom stereocenters. The summed E-state index contributed by atoms with van der Waals surface area (Å²) < 4.78 is 15.5. The molecule has 2 amide bonds. The van der Waals surface area contributed by atoms with Gasteiger partial charge in [0, 0.05) is 31.7 Å². The Morgan fingerprint density at radius 1 is 1.18 bits per heavy atom. The maximum absolute atomic E-state index is 12.1. The maximum atomic E-state index is 12.1. The molecule has 1 saturated heterocycles. The zero-order valence-electron chi connectivity index (χ0n) is 13.5. The summed E-state index contributed by atoms with van der Waals surface area (Å²) in [5.74, 6) is 0.284. The lowest BCUT2D eigenvalue weighted by Gasteiger charge is -2.23. The summed E-state index contributed by atoms with van der Waals surface area (Å²) in [6.45, 7) is 5.45. The van der Waals surface area contributed by atoms with E-state index in [-0.39, 0.29) is 36.2 Å². The van der Waals surface area contributed by atoms with Gasteiger partial charge in [0.25, 0.3) is 0 Å². The van der Waals surface area contributed by atoms with Crippen molar-refractivity contribution in [1.29, 1.82) is 0 Å². The second kappa shape index (κ2) is 7.89. The Morgan fingerprint density at radius 2 is 1.82 bits per heavy atom. The van der Waals surface area contributed by atoms with Gasteiger partial charge in [0.2, 0.25) is 11.8 Å². The summed E-state index contributed by atoms with van der Waals surface area (Å²) in [6, 6.07) is -0.289. The molecule has 0 aromatic rings. The Hall–Kier alpha value is -1.18. The van der Waals surface area contributed by atoms with Crippen molar-refractivity contribution < 1.29 is 23.8 Å². The smallest absolute Gasteiger partial charge is 0.225 e. The molecular formula is C15H26N2O5. The molecule has 4 atom stereocenters. The molecule has 7 heteroatoms. The predicted molar refractivity (Wildman–Crippen MR) is 79.0 cm³/mol. The Kier molecular flexibility index (Phi) is 6.16. The SMILES string of the molecule is COC[C@@H]1C[C@H]1C(=O)NC(C)C(C)NC(=O)CC1OCCO1. The third kappa shape index (κ3) is 4.93. The molecule has 2 aliphatic rings. The van der Waals surface area contributed by atoms with Crippen LogP contribution in [0, 0.1) is 11.8 Å². The van der Waals surface area contributed by atoms with E-state index >= 15 is 0 Å². The molecule has 2 N–H and O–H groups in total. The van der Waals surface area contributed by atoms with Gasteiger partial charge in [-0.15, -0.1) is 0 Å². The quantitative estimate of drug-likeness (QED) is 0.661. The van der Waals surface area contributed by atoms with E-state index in [1.165, 1.54) is 0 Å². The van der Waals surface area contributed by atoms with E-state index in [1.807, 2.05) is 13.8 Å². The van der Waals surface area contributed by atoms with Crippen molar-refractivity contribution in [3.05, 3.63) is 0 Å². The molecule has 0 radical (unpaired) electrons. The van der Waals surface area contributed by atoms with Crippen LogP contribution in [0.5, 0.6) is 0 Å². The molecule has 1 aliphatic heterocycles. The van der Waals surface area contributed by atoms with Crippen LogP contribution in [0.3, 0.4) is 0 Å². The van der Waals surface area contributed by atoms with E-state index in [9.17, 15) is 9.59 Å². The van der Waals surface area contributed by atoms with Gasteiger partial charge in [-0.05, 0) is 26.2 Å². The van der Waals surface area contributed by atoms with Gasteiger partial charge < -0.3 is 24.8 Å². The van der Waals surface area contributed by atoms with E-state index in [1.54, 1.807) is 7.11 Å². The molecule has 0 aromatic carbocycles. The average Bonchev–Trinajstić information content (AvgIpc) is 3.05. The normalized spacial score (nSPS) is 27.2. The van der Waals surface area contributed by atoms with Crippen molar-refractivity contribution in [2.24, 2.45) is 11.8 Å². The fourth-order valence-corrected chi connectivity index (χ4v) is 2.54. The van der Waals surface area contributed by atoms with Gasteiger partial charge in [-0.2, -0.15) is 0 Å². The first-order chi connectivity index (χ1) is 10.5. The first-order valence-corrected chi connectivity index (χ1v) is 7.83. The van der Waals surface area contributed by atoms with Crippen molar-refractivity contribution >= 4 is 11.8 Å². The number of ether oxygens (including phenoxy) is 3. The van der Waals surface area contributed by atoms with Gasteiger partial charge in [-0.25, -0.2) is 0 Å². The Morgan fingerprint density at radius 3 is 2.45 bits per heavy atom. The number of amides is 2. The van der Waals surface area contributed by atoms with Crippen molar-refractivity contribution in [2.45, 2.75) is 45.1 Å². The Balaban J connectivity index is 1.66. The number of methoxy groups -OCH3 is 1. The van der Waals surface area contributed by atoms with Crippen molar-refractivity contribution in [2.75, 3.05) is 26.9 Å². The summed E-state index contributed by atoms with van der Waals surface area (Å²) in [5, 5.41) is 5.83. The zero-order chi connectivity index (χ0) is 16.1. The van der Waals surface area contributed by atoms with Crippen LogP contribution in [-0.4, -0.2) is 57.1 Å². The number of carbonyl (C=O) groups excluding carboxylic acids is 2. The molecule has 0 bridgehead atoms. The molecular weight excluding hydrogens is 288 g/mol. The molecule has 1 aliphatic carbocycles. The lowest BCUT2D eigenvalue weighted by molar-refractivity contribution is -0.131. The first kappa shape index (κ1) is 17.2. The zero-order valence-corrected chi connectivity index (χ0v) is 13.5. The van der Waals surface area contributed by atoms with E-state index in [4.69, 9.17) is 14.2 Å². The minimum Gasteiger partial charge on any atom is -0.384 e. The third-order valence-electron chi connectivity index (χ3n) is 4.19. The summed E-state index contributed by atoms with van der Waals surface area (Å²) >= 11 is 0. The average molecular weight is 314 g/mol. The number of hydrogen-bond donors (Lipinski definition) is 2. The molecule has 126 valence electrons. The van der Waals surface area contributed by atoms with Gasteiger partial charge in [0.15, 0.2) is 6.29 Å². The maximum Gasteiger partial charge on any atom is 0.225 e. The highest BCUT2D eigenvalue weighted by molar-refractivity contribution is 5.82. The second-order valence-corrected chi connectivity index (χ2v) is 6.09. The molecule has 22 heavy (non-hydrogen) atoms. The van der Waals surface area contributed by atoms with Crippen LogP contribution < -0.4 is 10.6 Å². The van der Waals surface area contributed by atoms with Gasteiger partial charge in [0.1, 0.15) is 0 Å². The lowest BCUT2D eigenvalue weighted by Crippen LogP contribution is -2.49. The van der Waals surface area contributed by atoms with Crippen LogP contribution >= 0.6 is 0 Å². The molecule has 7 nitrogen and oxygen atoms in total. The fraction of sp³-hybridized carbons (Fsp3) is 0.867. The van der Waals surface area contributed by atoms with Crippen LogP contribution in [0.25, 0.3) is 0 Å². The summed E-state index contributed by atoms with van der Waals surface area (Å²) in [5.41, 5.74) is 0. The number of carbonyl (C=O) groups is 2. The molecule has 2 fully saturated rings. The van der Waals surface area contributed by atoms with Crippen molar-refractivity contribution in [1.82, 2.24) is 10.6 Å².